The van der Waals surface area contributed by atoms with Crippen LogP contribution in [0.15, 0.2) is 12.4 Å². The van der Waals surface area contributed by atoms with Crippen molar-refractivity contribution in [3.8, 4) is 0 Å². The van der Waals surface area contributed by atoms with Crippen LogP contribution < -0.4 is 0 Å². The van der Waals surface area contributed by atoms with Crippen LogP contribution in [0, 0.1) is 0 Å². The molecule has 0 radical (unpaired) electrons. The van der Waals surface area contributed by atoms with Crippen LogP contribution in [0.2, 0.25) is 0 Å². The first-order chi connectivity index (χ1) is 6.24. The van der Waals surface area contributed by atoms with Gasteiger partial charge < -0.3 is 14.6 Å². The predicted molar refractivity (Wildman–Crippen MR) is 51.5 cm³/mol. The van der Waals surface area contributed by atoms with E-state index in [1.165, 1.54) is 0 Å². The van der Waals surface area contributed by atoms with E-state index in [9.17, 15) is 0 Å². The van der Waals surface area contributed by atoms with E-state index in [0.29, 0.717) is 0 Å². The van der Waals surface area contributed by atoms with Crippen molar-refractivity contribution in [1.82, 2.24) is 14.5 Å². The lowest BCUT2D eigenvalue weighted by Crippen LogP contribution is -2.25. The van der Waals surface area contributed by atoms with Crippen molar-refractivity contribution in [3.63, 3.8) is 0 Å². The summed E-state index contributed by atoms with van der Waals surface area (Å²) in [7, 11) is 3.99. The Morgan fingerprint density at radius 1 is 1.54 bits per heavy atom. The molecular weight excluding hydrogens is 166 g/mol. The third kappa shape index (κ3) is 3.16. The van der Waals surface area contributed by atoms with Gasteiger partial charge >= 0.3 is 0 Å². The summed E-state index contributed by atoms with van der Waals surface area (Å²) < 4.78 is 2.02. The molecule has 0 aliphatic rings. The highest BCUT2D eigenvalue weighted by atomic mass is 16.3. The third-order valence-electron chi connectivity index (χ3n) is 2.12. The van der Waals surface area contributed by atoms with Crippen LogP contribution in [0.4, 0.5) is 0 Å². The van der Waals surface area contributed by atoms with Gasteiger partial charge in [0.2, 0.25) is 0 Å². The van der Waals surface area contributed by atoms with Gasteiger partial charge in [0.1, 0.15) is 5.82 Å². The molecule has 0 saturated heterocycles. The van der Waals surface area contributed by atoms with Crippen LogP contribution in [0.1, 0.15) is 5.82 Å². The zero-order chi connectivity index (χ0) is 9.68. The molecule has 1 aromatic heterocycles. The molecule has 0 unspecified atom stereocenters. The van der Waals surface area contributed by atoms with Crippen LogP contribution in [-0.4, -0.2) is 46.3 Å². The summed E-state index contributed by atoms with van der Waals surface area (Å²) in [6, 6.07) is 0. The monoisotopic (exact) mass is 183 g/mol. The van der Waals surface area contributed by atoms with E-state index >= 15 is 0 Å². The molecule has 0 fully saturated rings. The standard InChI is InChI=1S/C9H17N3O/c1-11(7-8-13)5-3-9-10-4-6-12(9)2/h4,6,13H,3,5,7-8H2,1-2H3. The van der Waals surface area contributed by atoms with E-state index in [1.54, 1.807) is 6.20 Å². The topological polar surface area (TPSA) is 41.3 Å². The summed E-state index contributed by atoms with van der Waals surface area (Å²) in [5.41, 5.74) is 0. The van der Waals surface area contributed by atoms with E-state index < -0.39 is 0 Å². The number of aryl methyl sites for hydroxylation is 1. The molecule has 0 aromatic carbocycles. The van der Waals surface area contributed by atoms with Crippen LogP contribution >= 0.6 is 0 Å². The highest BCUT2D eigenvalue weighted by Crippen LogP contribution is 1.96. The van der Waals surface area contributed by atoms with Crippen LogP contribution in [0.25, 0.3) is 0 Å². The van der Waals surface area contributed by atoms with E-state index in [-0.39, 0.29) is 6.61 Å². The molecule has 0 bridgehead atoms. The Bertz CT molecular complexity index is 247. The summed E-state index contributed by atoms with van der Waals surface area (Å²) >= 11 is 0. The van der Waals surface area contributed by atoms with Crippen molar-refractivity contribution < 1.29 is 5.11 Å². The minimum absolute atomic E-state index is 0.219. The van der Waals surface area contributed by atoms with Gasteiger partial charge in [-0.3, -0.25) is 0 Å². The maximum Gasteiger partial charge on any atom is 0.109 e. The molecule has 0 spiro atoms. The van der Waals surface area contributed by atoms with E-state index in [1.807, 2.05) is 24.9 Å². The van der Waals surface area contributed by atoms with Gasteiger partial charge in [0.05, 0.1) is 6.61 Å². The summed E-state index contributed by atoms with van der Waals surface area (Å²) in [6.07, 6.45) is 4.68. The average molecular weight is 183 g/mol. The van der Waals surface area contributed by atoms with Gasteiger partial charge in [0.25, 0.3) is 0 Å². The molecule has 4 nitrogen and oxygen atoms in total. The summed E-state index contributed by atoms with van der Waals surface area (Å²) in [6.45, 7) is 1.88. The lowest BCUT2D eigenvalue weighted by Gasteiger charge is -2.14. The fraction of sp³-hybridized carbons (Fsp3) is 0.667. The molecule has 74 valence electrons. The number of aromatic nitrogens is 2. The van der Waals surface area contributed by atoms with Crippen molar-refractivity contribution in [2.45, 2.75) is 6.42 Å². The lowest BCUT2D eigenvalue weighted by atomic mass is 10.3. The predicted octanol–water partition coefficient (Wildman–Crippen LogP) is -0.113. The maximum atomic E-state index is 8.69. The number of rotatable bonds is 5. The molecule has 0 aliphatic heterocycles. The van der Waals surface area contributed by atoms with Crippen molar-refractivity contribution >= 4 is 0 Å². The molecule has 4 heteroatoms. The summed E-state index contributed by atoms with van der Waals surface area (Å²) in [4.78, 5) is 6.31. The van der Waals surface area contributed by atoms with Crippen LogP contribution in [0.5, 0.6) is 0 Å². The van der Waals surface area contributed by atoms with Crippen molar-refractivity contribution in [1.29, 1.82) is 0 Å². The zero-order valence-corrected chi connectivity index (χ0v) is 8.27. The van der Waals surface area contributed by atoms with E-state index in [2.05, 4.69) is 9.88 Å². The van der Waals surface area contributed by atoms with Crippen LogP contribution in [-0.2, 0) is 13.5 Å². The molecule has 0 atom stereocenters. The molecule has 0 amide bonds. The van der Waals surface area contributed by atoms with E-state index in [4.69, 9.17) is 5.11 Å². The molecular formula is C9H17N3O. The van der Waals surface area contributed by atoms with Crippen molar-refractivity contribution in [3.05, 3.63) is 18.2 Å². The molecule has 1 N–H and O–H groups in total. The second-order valence-corrected chi connectivity index (χ2v) is 3.23. The Labute approximate surface area is 78.8 Å². The van der Waals surface area contributed by atoms with Gasteiger partial charge in [-0.05, 0) is 7.05 Å². The first-order valence-electron chi connectivity index (χ1n) is 4.49. The van der Waals surface area contributed by atoms with Crippen molar-refractivity contribution in [2.24, 2.45) is 7.05 Å². The van der Waals surface area contributed by atoms with Gasteiger partial charge in [-0.25, -0.2) is 4.98 Å². The van der Waals surface area contributed by atoms with E-state index in [0.717, 1.165) is 25.3 Å². The molecule has 1 heterocycles. The molecule has 1 rings (SSSR count). The quantitative estimate of drug-likeness (QED) is 0.692. The second-order valence-electron chi connectivity index (χ2n) is 3.23. The molecule has 13 heavy (non-hydrogen) atoms. The summed E-state index contributed by atoms with van der Waals surface area (Å²) in [5.74, 6) is 1.09. The SMILES string of the molecule is CN(CCO)CCc1nccn1C. The molecule has 0 saturated carbocycles. The van der Waals surface area contributed by atoms with Gasteiger partial charge in [-0.2, -0.15) is 0 Å². The molecule has 1 aromatic rings. The first kappa shape index (κ1) is 10.2. The third-order valence-corrected chi connectivity index (χ3v) is 2.12. The first-order valence-corrected chi connectivity index (χ1v) is 4.49. The number of nitrogens with zero attached hydrogens (tertiary/aromatic N) is 3. The van der Waals surface area contributed by atoms with Gasteiger partial charge in [0, 0.05) is 39.0 Å². The maximum absolute atomic E-state index is 8.69. The largest absolute Gasteiger partial charge is 0.395 e. The summed E-state index contributed by atoms with van der Waals surface area (Å²) in [5, 5.41) is 8.69. The van der Waals surface area contributed by atoms with Crippen molar-refractivity contribution in [2.75, 3.05) is 26.7 Å². The van der Waals surface area contributed by atoms with Crippen LogP contribution in [0.3, 0.4) is 0 Å². The number of aliphatic hydroxyl groups excluding tert-OH is 1. The number of hydrogen-bond acceptors (Lipinski definition) is 3. The average Bonchev–Trinajstić information content (AvgIpc) is 2.48. The zero-order valence-electron chi connectivity index (χ0n) is 8.27. The number of aliphatic hydroxyl groups is 1. The lowest BCUT2D eigenvalue weighted by molar-refractivity contribution is 0.222. The Kier molecular flexibility index (Phi) is 3.92. The Hall–Kier alpha value is -0.870. The highest BCUT2D eigenvalue weighted by Gasteiger charge is 2.01. The van der Waals surface area contributed by atoms with Gasteiger partial charge in [-0.1, -0.05) is 0 Å². The minimum Gasteiger partial charge on any atom is -0.395 e. The fourth-order valence-corrected chi connectivity index (χ4v) is 1.21. The number of hydrogen-bond donors (Lipinski definition) is 1. The molecule has 0 aliphatic carbocycles. The fourth-order valence-electron chi connectivity index (χ4n) is 1.21. The van der Waals surface area contributed by atoms with Gasteiger partial charge in [0.15, 0.2) is 0 Å². The Morgan fingerprint density at radius 2 is 2.31 bits per heavy atom. The Balaban J connectivity index is 2.30. The Morgan fingerprint density at radius 3 is 2.85 bits per heavy atom. The van der Waals surface area contributed by atoms with Gasteiger partial charge in [-0.15, -0.1) is 0 Å². The minimum atomic E-state index is 0.219. The second kappa shape index (κ2) is 4.99. The highest BCUT2D eigenvalue weighted by molar-refractivity contribution is 4.91. The smallest absolute Gasteiger partial charge is 0.109 e. The number of imidazole rings is 1. The number of likely N-dealkylation sites (N-methyl/N-ethyl adjacent to an activating group) is 1. The normalized spacial score (nSPS) is 11.1.